The van der Waals surface area contributed by atoms with Crippen LogP contribution in [-0.2, 0) is 0 Å². The normalized spacial score (nSPS) is 15.6. The predicted molar refractivity (Wildman–Crippen MR) is 77.3 cm³/mol. The number of benzene rings is 1. The molecule has 0 radical (unpaired) electrons. The smallest absolute Gasteiger partial charge is 0.147 e. The highest BCUT2D eigenvalue weighted by Gasteiger charge is 2.18. The van der Waals surface area contributed by atoms with Crippen molar-refractivity contribution in [2.24, 2.45) is 0 Å². The zero-order valence-electron chi connectivity index (χ0n) is 10.7. The second kappa shape index (κ2) is 5.14. The molecular weight excluding hydrogens is 238 g/mol. The fourth-order valence-corrected chi connectivity index (χ4v) is 2.33. The summed E-state index contributed by atoms with van der Waals surface area (Å²) < 4.78 is 0. The van der Waals surface area contributed by atoms with Gasteiger partial charge in [0.1, 0.15) is 5.82 Å². The van der Waals surface area contributed by atoms with Gasteiger partial charge in [0, 0.05) is 49.9 Å². The van der Waals surface area contributed by atoms with Crippen molar-refractivity contribution in [2.45, 2.75) is 0 Å². The summed E-state index contributed by atoms with van der Waals surface area (Å²) in [7, 11) is 0. The molecule has 98 valence electrons. The molecular formula is C14H17N5. The monoisotopic (exact) mass is 255 g/mol. The zero-order chi connectivity index (χ0) is 13.1. The second-order valence-corrected chi connectivity index (χ2v) is 4.63. The first-order valence-corrected chi connectivity index (χ1v) is 6.44. The number of anilines is 3. The summed E-state index contributed by atoms with van der Waals surface area (Å²) >= 11 is 0. The van der Waals surface area contributed by atoms with Crippen LogP contribution in [0.5, 0.6) is 0 Å². The topological polar surface area (TPSA) is 58.3 Å². The third-order valence-corrected chi connectivity index (χ3v) is 3.41. The van der Waals surface area contributed by atoms with Crippen molar-refractivity contribution in [3.05, 3.63) is 42.9 Å². The highest BCUT2D eigenvalue weighted by molar-refractivity contribution is 5.54. The maximum Gasteiger partial charge on any atom is 0.147 e. The van der Waals surface area contributed by atoms with Crippen LogP contribution in [0, 0.1) is 0 Å². The Kier molecular flexibility index (Phi) is 3.18. The Morgan fingerprint density at radius 3 is 2.21 bits per heavy atom. The minimum atomic E-state index is 0.807. The lowest BCUT2D eigenvalue weighted by molar-refractivity contribution is 0.646. The molecule has 2 aromatic rings. The lowest BCUT2D eigenvalue weighted by atomic mass is 10.2. The molecule has 0 aliphatic carbocycles. The van der Waals surface area contributed by atoms with E-state index in [1.165, 1.54) is 5.69 Å². The summed E-state index contributed by atoms with van der Waals surface area (Å²) in [6, 6.07) is 8.05. The molecule has 1 fully saturated rings. The van der Waals surface area contributed by atoms with E-state index in [0.717, 1.165) is 37.7 Å². The summed E-state index contributed by atoms with van der Waals surface area (Å²) in [5.74, 6) is 0.958. The summed E-state index contributed by atoms with van der Waals surface area (Å²) in [5, 5.41) is 0. The average molecular weight is 255 g/mol. The summed E-state index contributed by atoms with van der Waals surface area (Å²) in [6.45, 7) is 3.90. The molecule has 0 unspecified atom stereocenters. The predicted octanol–water partition coefficient (Wildman–Crippen LogP) is 1.39. The Bertz CT molecular complexity index is 517. The Morgan fingerprint density at radius 1 is 0.895 bits per heavy atom. The lowest BCUT2D eigenvalue weighted by Gasteiger charge is -2.36. The molecule has 0 bridgehead atoms. The van der Waals surface area contributed by atoms with E-state index in [2.05, 4.69) is 31.9 Å². The molecule has 19 heavy (non-hydrogen) atoms. The van der Waals surface area contributed by atoms with Gasteiger partial charge in [-0.15, -0.1) is 0 Å². The number of nitrogens with zero attached hydrogens (tertiary/aromatic N) is 4. The Morgan fingerprint density at radius 2 is 1.58 bits per heavy atom. The van der Waals surface area contributed by atoms with Gasteiger partial charge < -0.3 is 15.5 Å². The van der Waals surface area contributed by atoms with E-state index in [1.807, 2.05) is 18.3 Å². The molecule has 5 heteroatoms. The van der Waals surface area contributed by atoms with Crippen molar-refractivity contribution >= 4 is 17.2 Å². The minimum absolute atomic E-state index is 0.807. The fraction of sp³-hybridized carbons (Fsp3) is 0.286. The van der Waals surface area contributed by atoms with Crippen LogP contribution in [0.4, 0.5) is 17.2 Å². The third-order valence-electron chi connectivity index (χ3n) is 3.41. The molecule has 0 amide bonds. The quantitative estimate of drug-likeness (QED) is 0.822. The molecule has 2 heterocycles. The van der Waals surface area contributed by atoms with Crippen molar-refractivity contribution in [2.75, 3.05) is 41.7 Å². The van der Waals surface area contributed by atoms with Crippen LogP contribution in [0.2, 0.25) is 0 Å². The summed E-state index contributed by atoms with van der Waals surface area (Å²) in [5.41, 5.74) is 7.75. The van der Waals surface area contributed by atoms with Crippen LogP contribution >= 0.6 is 0 Å². The summed E-state index contributed by atoms with van der Waals surface area (Å²) in [6.07, 6.45) is 5.26. The fourth-order valence-electron chi connectivity index (χ4n) is 2.33. The SMILES string of the molecule is Nc1ccc(N2CCN(c3cnccn3)CC2)cc1. The van der Waals surface area contributed by atoms with Gasteiger partial charge in [-0.1, -0.05) is 0 Å². The van der Waals surface area contributed by atoms with Gasteiger partial charge in [0.25, 0.3) is 0 Å². The molecule has 5 nitrogen and oxygen atoms in total. The van der Waals surface area contributed by atoms with Crippen molar-refractivity contribution in [3.8, 4) is 0 Å². The van der Waals surface area contributed by atoms with Crippen molar-refractivity contribution < 1.29 is 0 Å². The van der Waals surface area contributed by atoms with E-state index >= 15 is 0 Å². The van der Waals surface area contributed by atoms with E-state index < -0.39 is 0 Å². The highest BCUT2D eigenvalue weighted by atomic mass is 15.3. The Hall–Kier alpha value is -2.30. The van der Waals surface area contributed by atoms with Gasteiger partial charge in [0.15, 0.2) is 0 Å². The number of nitrogen functional groups attached to an aromatic ring is 1. The van der Waals surface area contributed by atoms with E-state index in [1.54, 1.807) is 12.4 Å². The minimum Gasteiger partial charge on any atom is -0.399 e. The van der Waals surface area contributed by atoms with E-state index in [-0.39, 0.29) is 0 Å². The van der Waals surface area contributed by atoms with Crippen LogP contribution < -0.4 is 15.5 Å². The molecule has 2 N–H and O–H groups in total. The maximum absolute atomic E-state index is 5.71. The van der Waals surface area contributed by atoms with Crippen molar-refractivity contribution in [3.63, 3.8) is 0 Å². The van der Waals surface area contributed by atoms with Crippen molar-refractivity contribution in [1.82, 2.24) is 9.97 Å². The van der Waals surface area contributed by atoms with Gasteiger partial charge in [-0.25, -0.2) is 4.98 Å². The van der Waals surface area contributed by atoms with Crippen molar-refractivity contribution in [1.29, 1.82) is 0 Å². The Labute approximate surface area is 112 Å². The number of aromatic nitrogens is 2. The average Bonchev–Trinajstić information content (AvgIpc) is 2.49. The molecule has 3 rings (SSSR count). The van der Waals surface area contributed by atoms with E-state index in [4.69, 9.17) is 5.73 Å². The molecule has 0 spiro atoms. The lowest BCUT2D eigenvalue weighted by Crippen LogP contribution is -2.46. The van der Waals surface area contributed by atoms with Crippen LogP contribution in [0.25, 0.3) is 0 Å². The second-order valence-electron chi connectivity index (χ2n) is 4.63. The van der Waals surface area contributed by atoms with Gasteiger partial charge in [-0.3, -0.25) is 4.98 Å². The number of piperazine rings is 1. The first-order chi connectivity index (χ1) is 9.33. The molecule has 0 atom stereocenters. The van der Waals surface area contributed by atoms with Gasteiger partial charge in [0.2, 0.25) is 0 Å². The molecule has 1 aromatic carbocycles. The number of hydrogen-bond donors (Lipinski definition) is 1. The van der Waals surface area contributed by atoms with Gasteiger partial charge >= 0.3 is 0 Å². The van der Waals surface area contributed by atoms with E-state index in [9.17, 15) is 0 Å². The maximum atomic E-state index is 5.71. The first kappa shape index (κ1) is 11.8. The zero-order valence-corrected chi connectivity index (χ0v) is 10.7. The molecule has 1 aromatic heterocycles. The third kappa shape index (κ3) is 2.59. The molecule has 1 aliphatic rings. The number of nitrogens with two attached hydrogens (primary N) is 1. The molecule has 0 saturated carbocycles. The number of hydrogen-bond acceptors (Lipinski definition) is 5. The van der Waals surface area contributed by atoms with Crippen LogP contribution in [0.1, 0.15) is 0 Å². The van der Waals surface area contributed by atoms with Crippen LogP contribution in [-0.4, -0.2) is 36.1 Å². The van der Waals surface area contributed by atoms with Gasteiger partial charge in [-0.2, -0.15) is 0 Å². The molecule has 1 saturated heterocycles. The van der Waals surface area contributed by atoms with Gasteiger partial charge in [0.05, 0.1) is 6.20 Å². The number of rotatable bonds is 2. The summed E-state index contributed by atoms with van der Waals surface area (Å²) in [4.78, 5) is 13.1. The Balaban J connectivity index is 1.65. The first-order valence-electron chi connectivity index (χ1n) is 6.44. The van der Waals surface area contributed by atoms with Crippen LogP contribution in [0.15, 0.2) is 42.9 Å². The molecule has 1 aliphatic heterocycles. The van der Waals surface area contributed by atoms with Gasteiger partial charge in [-0.05, 0) is 24.3 Å². The largest absolute Gasteiger partial charge is 0.399 e. The van der Waals surface area contributed by atoms with Crippen LogP contribution in [0.3, 0.4) is 0 Å². The highest BCUT2D eigenvalue weighted by Crippen LogP contribution is 2.19. The van der Waals surface area contributed by atoms with E-state index in [0.29, 0.717) is 0 Å². The standard InChI is InChI=1S/C14H17N5/c15-12-1-3-13(4-2-12)18-7-9-19(10-8-18)14-11-16-5-6-17-14/h1-6,11H,7-10,15H2.